The van der Waals surface area contributed by atoms with Crippen molar-refractivity contribution in [2.24, 2.45) is 5.73 Å². The van der Waals surface area contributed by atoms with Crippen LogP contribution in [0.4, 0.5) is 0 Å². The van der Waals surface area contributed by atoms with Crippen molar-refractivity contribution >= 4 is 33.1 Å². The third-order valence-electron chi connectivity index (χ3n) is 1.89. The van der Waals surface area contributed by atoms with Gasteiger partial charge in [-0.15, -0.1) is 0 Å². The van der Waals surface area contributed by atoms with Crippen molar-refractivity contribution in [3.8, 4) is 0 Å². The van der Waals surface area contributed by atoms with Gasteiger partial charge in [0.05, 0.1) is 11.5 Å². The Morgan fingerprint density at radius 1 is 1.38 bits per heavy atom. The Labute approximate surface area is 101 Å². The fourth-order valence-corrected chi connectivity index (χ4v) is 2.38. The van der Waals surface area contributed by atoms with E-state index in [1.807, 2.05) is 13.8 Å². The molecular formula is C8H17N3O3S2. The van der Waals surface area contributed by atoms with E-state index in [0.29, 0.717) is 13.1 Å². The van der Waals surface area contributed by atoms with Gasteiger partial charge in [0.25, 0.3) is 0 Å². The van der Waals surface area contributed by atoms with Gasteiger partial charge in [-0.25, -0.2) is 13.1 Å². The molecule has 0 atom stereocenters. The second kappa shape index (κ2) is 6.77. The van der Waals surface area contributed by atoms with Crippen LogP contribution in [0.15, 0.2) is 0 Å². The van der Waals surface area contributed by atoms with Gasteiger partial charge in [0.1, 0.15) is 5.75 Å². The van der Waals surface area contributed by atoms with Crippen LogP contribution in [-0.2, 0) is 14.8 Å². The minimum absolute atomic E-state index is 0.122. The highest BCUT2D eigenvalue weighted by Gasteiger charge is 2.15. The Morgan fingerprint density at radius 3 is 2.25 bits per heavy atom. The van der Waals surface area contributed by atoms with Crippen LogP contribution in [0.1, 0.15) is 13.8 Å². The number of thiocarbonyl (C=S) groups is 1. The molecule has 1 amide bonds. The molecule has 0 radical (unpaired) electrons. The normalized spacial score (nSPS) is 11.1. The summed E-state index contributed by atoms with van der Waals surface area (Å²) in [5.41, 5.74) is 5.11. The van der Waals surface area contributed by atoms with Crippen LogP contribution in [0.2, 0.25) is 0 Å². The van der Waals surface area contributed by atoms with Gasteiger partial charge < -0.3 is 10.6 Å². The van der Waals surface area contributed by atoms with E-state index in [9.17, 15) is 13.2 Å². The zero-order valence-corrected chi connectivity index (χ0v) is 11.0. The van der Waals surface area contributed by atoms with Crippen LogP contribution in [-0.4, -0.2) is 49.6 Å². The number of rotatable bonds is 7. The largest absolute Gasteiger partial charge is 0.392 e. The molecule has 0 aromatic carbocycles. The van der Waals surface area contributed by atoms with Crippen molar-refractivity contribution in [1.82, 2.24) is 9.62 Å². The van der Waals surface area contributed by atoms with Gasteiger partial charge in [-0.3, -0.25) is 4.79 Å². The lowest BCUT2D eigenvalue weighted by Crippen LogP contribution is -2.41. The maximum Gasteiger partial charge on any atom is 0.237 e. The van der Waals surface area contributed by atoms with Gasteiger partial charge in [0.2, 0.25) is 15.9 Å². The standard InChI is InChI=1S/C8H17N3O3S2/c1-3-11(4-2)8(12)5-10-16(13,14)6-7(9)15/h10H,3-6H2,1-2H3,(H2,9,15). The zero-order chi connectivity index (χ0) is 12.8. The first-order valence-corrected chi connectivity index (χ1v) is 6.91. The second-order valence-electron chi connectivity index (χ2n) is 3.11. The molecule has 0 saturated heterocycles. The minimum atomic E-state index is -3.59. The molecule has 0 bridgehead atoms. The molecule has 0 rings (SSSR count). The van der Waals surface area contributed by atoms with Crippen molar-refractivity contribution in [1.29, 1.82) is 0 Å². The van der Waals surface area contributed by atoms with Crippen molar-refractivity contribution in [3.05, 3.63) is 0 Å². The van der Waals surface area contributed by atoms with E-state index in [4.69, 9.17) is 5.73 Å². The highest BCUT2D eigenvalue weighted by molar-refractivity contribution is 7.92. The molecule has 0 fully saturated rings. The monoisotopic (exact) mass is 267 g/mol. The third-order valence-corrected chi connectivity index (χ3v) is 3.49. The highest BCUT2D eigenvalue weighted by atomic mass is 32.2. The molecule has 16 heavy (non-hydrogen) atoms. The summed E-state index contributed by atoms with van der Waals surface area (Å²) >= 11 is 4.48. The van der Waals surface area contributed by atoms with Crippen molar-refractivity contribution in [3.63, 3.8) is 0 Å². The molecule has 0 heterocycles. The summed E-state index contributed by atoms with van der Waals surface area (Å²) in [7, 11) is -3.59. The topological polar surface area (TPSA) is 92.5 Å². The number of hydrogen-bond donors (Lipinski definition) is 2. The first kappa shape index (κ1) is 15.3. The van der Waals surface area contributed by atoms with Crippen LogP contribution in [0.25, 0.3) is 0 Å². The average Bonchev–Trinajstić information content (AvgIpc) is 2.15. The summed E-state index contributed by atoms with van der Waals surface area (Å²) in [6, 6.07) is 0. The van der Waals surface area contributed by atoms with Crippen molar-refractivity contribution in [2.45, 2.75) is 13.8 Å². The zero-order valence-electron chi connectivity index (χ0n) is 9.39. The first-order valence-electron chi connectivity index (χ1n) is 4.85. The Morgan fingerprint density at radius 2 is 1.88 bits per heavy atom. The van der Waals surface area contributed by atoms with Gasteiger partial charge in [-0.2, -0.15) is 0 Å². The molecule has 8 heteroatoms. The van der Waals surface area contributed by atoms with E-state index in [1.54, 1.807) is 0 Å². The number of sulfonamides is 1. The molecule has 0 saturated carbocycles. The minimum Gasteiger partial charge on any atom is -0.392 e. The molecule has 0 aliphatic carbocycles. The van der Waals surface area contributed by atoms with Gasteiger partial charge >= 0.3 is 0 Å². The fourth-order valence-electron chi connectivity index (χ4n) is 1.10. The quantitative estimate of drug-likeness (QED) is 0.581. The molecule has 0 aliphatic rings. The predicted octanol–water partition coefficient (Wildman–Crippen LogP) is -0.940. The van der Waals surface area contributed by atoms with E-state index in [0.717, 1.165) is 0 Å². The van der Waals surface area contributed by atoms with Crippen LogP contribution in [0.3, 0.4) is 0 Å². The molecule has 0 unspecified atom stereocenters. The van der Waals surface area contributed by atoms with E-state index in [-0.39, 0.29) is 17.4 Å². The summed E-state index contributed by atoms with van der Waals surface area (Å²) < 4.78 is 24.7. The van der Waals surface area contributed by atoms with E-state index in [2.05, 4.69) is 16.9 Å². The molecule has 0 spiro atoms. The molecule has 0 aliphatic heterocycles. The number of nitrogens with zero attached hydrogens (tertiary/aromatic N) is 1. The van der Waals surface area contributed by atoms with Gasteiger partial charge in [0, 0.05) is 13.1 Å². The Kier molecular flexibility index (Phi) is 6.46. The Hall–Kier alpha value is -0.730. The number of amides is 1. The van der Waals surface area contributed by atoms with E-state index < -0.39 is 15.8 Å². The summed E-state index contributed by atoms with van der Waals surface area (Å²) in [6.07, 6.45) is 0. The Bertz CT molecular complexity index is 350. The summed E-state index contributed by atoms with van der Waals surface area (Å²) in [4.78, 5) is 12.9. The number of carbonyl (C=O) groups is 1. The number of nitrogens with one attached hydrogen (secondary N) is 1. The average molecular weight is 267 g/mol. The van der Waals surface area contributed by atoms with Crippen LogP contribution < -0.4 is 10.5 Å². The maximum absolute atomic E-state index is 11.5. The first-order chi connectivity index (χ1) is 7.32. The fraction of sp³-hybridized carbons (Fsp3) is 0.750. The second-order valence-corrected chi connectivity index (χ2v) is 5.44. The summed E-state index contributed by atoms with van der Waals surface area (Å²) in [6.45, 7) is 4.49. The SMILES string of the molecule is CCN(CC)C(=O)CNS(=O)(=O)CC(N)=S. The molecular weight excluding hydrogens is 250 g/mol. The highest BCUT2D eigenvalue weighted by Crippen LogP contribution is 1.90. The van der Waals surface area contributed by atoms with E-state index in [1.165, 1.54) is 4.90 Å². The van der Waals surface area contributed by atoms with Crippen LogP contribution in [0, 0.1) is 0 Å². The smallest absolute Gasteiger partial charge is 0.237 e. The lowest BCUT2D eigenvalue weighted by atomic mass is 10.4. The maximum atomic E-state index is 11.5. The number of likely N-dealkylation sites (N-methyl/N-ethyl adjacent to an activating group) is 1. The molecule has 94 valence electrons. The Balaban J connectivity index is 4.24. The van der Waals surface area contributed by atoms with Crippen molar-refractivity contribution < 1.29 is 13.2 Å². The molecule has 0 aromatic heterocycles. The number of hydrogen-bond acceptors (Lipinski definition) is 4. The molecule has 0 aromatic rings. The van der Waals surface area contributed by atoms with Gasteiger partial charge in [0.15, 0.2) is 0 Å². The lowest BCUT2D eigenvalue weighted by molar-refractivity contribution is -0.129. The van der Waals surface area contributed by atoms with Crippen LogP contribution in [0.5, 0.6) is 0 Å². The van der Waals surface area contributed by atoms with Gasteiger partial charge in [-0.05, 0) is 13.8 Å². The number of carbonyl (C=O) groups excluding carboxylic acids is 1. The summed E-state index contributed by atoms with van der Waals surface area (Å²) in [5.74, 6) is -0.704. The third kappa shape index (κ3) is 5.99. The number of nitrogens with two attached hydrogens (primary N) is 1. The summed E-state index contributed by atoms with van der Waals surface area (Å²) in [5, 5.41) is 0. The van der Waals surface area contributed by atoms with Crippen LogP contribution >= 0.6 is 12.2 Å². The predicted molar refractivity (Wildman–Crippen MR) is 66.5 cm³/mol. The molecule has 3 N–H and O–H groups in total. The molecule has 6 nitrogen and oxygen atoms in total. The lowest BCUT2D eigenvalue weighted by Gasteiger charge is -2.18. The van der Waals surface area contributed by atoms with Gasteiger partial charge in [-0.1, -0.05) is 12.2 Å². The van der Waals surface area contributed by atoms with Crippen molar-refractivity contribution in [2.75, 3.05) is 25.4 Å². The van der Waals surface area contributed by atoms with E-state index >= 15 is 0 Å².